The average molecular weight is 393 g/mol. The van der Waals surface area contributed by atoms with E-state index in [2.05, 4.69) is 15.0 Å². The molecule has 2 amide bonds. The number of carbonyl (C=O) groups excluding carboxylic acids is 2. The minimum Gasteiger partial charge on any atom is -0.406 e. The van der Waals surface area contributed by atoms with Crippen molar-refractivity contribution in [1.82, 2.24) is 15.2 Å². The molecule has 28 heavy (non-hydrogen) atoms. The van der Waals surface area contributed by atoms with E-state index in [0.29, 0.717) is 12.1 Å². The summed E-state index contributed by atoms with van der Waals surface area (Å²) in [4.78, 5) is 30.0. The predicted octanol–water partition coefficient (Wildman–Crippen LogP) is 2.65. The molecule has 1 aliphatic heterocycles. The minimum atomic E-state index is -4.75. The van der Waals surface area contributed by atoms with Crippen LogP contribution >= 0.6 is 0 Å². The summed E-state index contributed by atoms with van der Waals surface area (Å²) in [5, 5.41) is 2.79. The normalized spacial score (nSPS) is 16.9. The molecule has 2 aromatic rings. The number of halogens is 3. The Morgan fingerprint density at radius 3 is 2.61 bits per heavy atom. The molecule has 2 heterocycles. The molecular formula is C19H18F3N3O3. The monoisotopic (exact) mass is 393 g/mol. The summed E-state index contributed by atoms with van der Waals surface area (Å²) in [6.45, 7) is 0.814. The molecule has 0 spiro atoms. The molecule has 1 aromatic heterocycles. The first-order valence-electron chi connectivity index (χ1n) is 8.59. The summed E-state index contributed by atoms with van der Waals surface area (Å²) in [5.41, 5.74) is 1.51. The molecule has 9 heteroatoms. The van der Waals surface area contributed by atoms with Crippen LogP contribution in [0.3, 0.4) is 0 Å². The summed E-state index contributed by atoms with van der Waals surface area (Å²) in [7, 11) is 0. The molecule has 1 saturated heterocycles. The van der Waals surface area contributed by atoms with Crippen molar-refractivity contribution in [2.45, 2.75) is 25.9 Å². The lowest BCUT2D eigenvalue weighted by molar-refractivity contribution is -0.274. The van der Waals surface area contributed by atoms with E-state index in [0.717, 1.165) is 5.56 Å². The van der Waals surface area contributed by atoms with Gasteiger partial charge in [0.15, 0.2) is 0 Å². The van der Waals surface area contributed by atoms with E-state index in [1.165, 1.54) is 29.2 Å². The van der Waals surface area contributed by atoms with Crippen LogP contribution in [0.1, 0.15) is 17.5 Å². The zero-order valence-electron chi connectivity index (χ0n) is 14.8. The maximum Gasteiger partial charge on any atom is 0.573 e. The Hall–Kier alpha value is -3.10. The number of pyridine rings is 1. The molecular weight excluding hydrogens is 375 g/mol. The van der Waals surface area contributed by atoms with Gasteiger partial charge in [-0.25, -0.2) is 0 Å². The second-order valence-corrected chi connectivity index (χ2v) is 6.45. The Bertz CT molecular complexity index is 826. The third-order valence-corrected chi connectivity index (χ3v) is 4.31. The predicted molar refractivity (Wildman–Crippen MR) is 92.7 cm³/mol. The molecule has 0 radical (unpaired) electrons. The highest BCUT2D eigenvalue weighted by Gasteiger charge is 2.34. The highest BCUT2D eigenvalue weighted by atomic mass is 19.4. The molecule has 1 N–H and O–H groups in total. The quantitative estimate of drug-likeness (QED) is 0.819. The van der Waals surface area contributed by atoms with Crippen molar-refractivity contribution in [3.63, 3.8) is 0 Å². The Balaban J connectivity index is 1.52. The molecule has 1 fully saturated rings. The van der Waals surface area contributed by atoms with Crippen molar-refractivity contribution in [3.05, 3.63) is 59.9 Å². The van der Waals surface area contributed by atoms with Crippen LogP contribution in [0.2, 0.25) is 0 Å². The number of nitrogens with zero attached hydrogens (tertiary/aromatic N) is 2. The standard InChI is InChI=1S/C19H18F3N3O3/c20-19(21,22)28-16-5-3-13(4-6-16)11-25-12-15(8-17(25)26)18(27)24-10-14-2-1-7-23-9-14/h1-7,9,15H,8,10-12H2,(H,24,27). The number of amides is 2. The number of likely N-dealkylation sites (tertiary alicyclic amines) is 1. The van der Waals surface area contributed by atoms with Gasteiger partial charge in [-0.15, -0.1) is 13.2 Å². The lowest BCUT2D eigenvalue weighted by Crippen LogP contribution is -2.32. The fraction of sp³-hybridized carbons (Fsp3) is 0.316. The largest absolute Gasteiger partial charge is 0.573 e. The third kappa shape index (κ3) is 5.45. The fourth-order valence-corrected chi connectivity index (χ4v) is 2.95. The van der Waals surface area contributed by atoms with E-state index in [1.807, 2.05) is 6.07 Å². The van der Waals surface area contributed by atoms with E-state index >= 15 is 0 Å². The van der Waals surface area contributed by atoms with Gasteiger partial charge in [-0.05, 0) is 29.3 Å². The van der Waals surface area contributed by atoms with Crippen molar-refractivity contribution in [2.75, 3.05) is 6.54 Å². The van der Waals surface area contributed by atoms with Gasteiger partial charge in [-0.3, -0.25) is 14.6 Å². The van der Waals surface area contributed by atoms with E-state index in [-0.39, 0.29) is 37.1 Å². The molecule has 3 rings (SSSR count). The Morgan fingerprint density at radius 2 is 1.96 bits per heavy atom. The zero-order chi connectivity index (χ0) is 20.1. The lowest BCUT2D eigenvalue weighted by Gasteiger charge is -2.17. The van der Waals surface area contributed by atoms with Gasteiger partial charge in [0.25, 0.3) is 0 Å². The summed E-state index contributed by atoms with van der Waals surface area (Å²) in [6, 6.07) is 8.93. The highest BCUT2D eigenvalue weighted by Crippen LogP contribution is 2.24. The fourth-order valence-electron chi connectivity index (χ4n) is 2.95. The molecule has 1 atom stereocenters. The van der Waals surface area contributed by atoms with Gasteiger partial charge in [0.2, 0.25) is 11.8 Å². The molecule has 0 aliphatic carbocycles. The van der Waals surface area contributed by atoms with Crippen molar-refractivity contribution >= 4 is 11.8 Å². The van der Waals surface area contributed by atoms with Crippen LogP contribution in [0.25, 0.3) is 0 Å². The second-order valence-electron chi connectivity index (χ2n) is 6.45. The summed E-state index contributed by atoms with van der Waals surface area (Å²) >= 11 is 0. The van der Waals surface area contributed by atoms with Gasteiger partial charge in [0.1, 0.15) is 5.75 Å². The minimum absolute atomic E-state index is 0.105. The Labute approximate surface area is 159 Å². The SMILES string of the molecule is O=C(NCc1cccnc1)C1CC(=O)N(Cc2ccc(OC(F)(F)F)cc2)C1. The van der Waals surface area contributed by atoms with Crippen LogP contribution in [-0.4, -0.2) is 34.6 Å². The summed E-state index contributed by atoms with van der Waals surface area (Å²) < 4.78 is 40.4. The zero-order valence-corrected chi connectivity index (χ0v) is 14.8. The molecule has 0 bridgehead atoms. The maximum atomic E-state index is 12.3. The van der Waals surface area contributed by atoms with Crippen LogP contribution < -0.4 is 10.1 Å². The van der Waals surface area contributed by atoms with E-state index < -0.39 is 12.3 Å². The molecule has 0 saturated carbocycles. The van der Waals surface area contributed by atoms with Gasteiger partial charge >= 0.3 is 6.36 Å². The number of aromatic nitrogens is 1. The first-order chi connectivity index (χ1) is 13.3. The smallest absolute Gasteiger partial charge is 0.406 e. The van der Waals surface area contributed by atoms with E-state index in [1.54, 1.807) is 18.5 Å². The number of benzene rings is 1. The Kier molecular flexibility index (Phi) is 5.81. The molecule has 1 aliphatic rings. The Morgan fingerprint density at radius 1 is 1.21 bits per heavy atom. The van der Waals surface area contributed by atoms with Gasteiger partial charge in [0.05, 0.1) is 5.92 Å². The van der Waals surface area contributed by atoms with Gasteiger partial charge in [-0.2, -0.15) is 0 Å². The number of carbonyl (C=O) groups is 2. The van der Waals surface area contributed by atoms with Crippen LogP contribution in [0, 0.1) is 5.92 Å². The summed E-state index contributed by atoms with van der Waals surface area (Å²) in [5.74, 6) is -1.17. The van der Waals surface area contributed by atoms with Crippen molar-refractivity contribution < 1.29 is 27.5 Å². The van der Waals surface area contributed by atoms with Crippen LogP contribution in [0.5, 0.6) is 5.75 Å². The molecule has 1 unspecified atom stereocenters. The first kappa shape index (κ1) is 19.7. The number of rotatable bonds is 6. The van der Waals surface area contributed by atoms with Crippen molar-refractivity contribution in [3.8, 4) is 5.75 Å². The van der Waals surface area contributed by atoms with Crippen LogP contribution in [0.4, 0.5) is 13.2 Å². The number of ether oxygens (including phenoxy) is 1. The highest BCUT2D eigenvalue weighted by molar-refractivity contribution is 5.89. The number of hydrogen-bond donors (Lipinski definition) is 1. The first-order valence-corrected chi connectivity index (χ1v) is 8.59. The molecule has 6 nitrogen and oxygen atoms in total. The van der Waals surface area contributed by atoms with Crippen molar-refractivity contribution in [1.29, 1.82) is 0 Å². The lowest BCUT2D eigenvalue weighted by atomic mass is 10.1. The van der Waals surface area contributed by atoms with Gasteiger partial charge in [-0.1, -0.05) is 18.2 Å². The summed E-state index contributed by atoms with van der Waals surface area (Å²) in [6.07, 6.45) is -1.35. The van der Waals surface area contributed by atoms with Crippen LogP contribution in [0.15, 0.2) is 48.8 Å². The number of alkyl halides is 3. The van der Waals surface area contributed by atoms with Crippen molar-refractivity contribution in [2.24, 2.45) is 5.92 Å². The van der Waals surface area contributed by atoms with Crippen LogP contribution in [-0.2, 0) is 22.7 Å². The van der Waals surface area contributed by atoms with Gasteiger partial charge in [0, 0.05) is 38.4 Å². The number of hydrogen-bond acceptors (Lipinski definition) is 4. The number of nitrogens with one attached hydrogen (secondary N) is 1. The average Bonchev–Trinajstić information content (AvgIpc) is 3.02. The molecule has 148 valence electrons. The van der Waals surface area contributed by atoms with E-state index in [4.69, 9.17) is 0 Å². The van der Waals surface area contributed by atoms with Gasteiger partial charge < -0.3 is 15.0 Å². The third-order valence-electron chi connectivity index (χ3n) is 4.31. The molecule has 1 aromatic carbocycles. The topological polar surface area (TPSA) is 71.5 Å². The van der Waals surface area contributed by atoms with E-state index in [9.17, 15) is 22.8 Å². The maximum absolute atomic E-state index is 12.3. The second kappa shape index (κ2) is 8.28.